The molecule has 1 fully saturated rings. The molecule has 1 amide bonds. The van der Waals surface area contributed by atoms with Gasteiger partial charge in [0.2, 0.25) is 0 Å². The molecule has 0 bridgehead atoms. The first-order valence-corrected chi connectivity index (χ1v) is 10.7. The first-order valence-electron chi connectivity index (χ1n) is 10.7. The number of amides is 1. The van der Waals surface area contributed by atoms with E-state index >= 15 is 0 Å². The van der Waals surface area contributed by atoms with Crippen LogP contribution in [0.25, 0.3) is 5.69 Å². The van der Waals surface area contributed by atoms with Gasteiger partial charge < -0.3 is 24.3 Å². The quantitative estimate of drug-likeness (QED) is 0.472. The molecule has 168 valence electrons. The topological polar surface area (TPSA) is 88.1 Å². The number of rotatable bonds is 6. The summed E-state index contributed by atoms with van der Waals surface area (Å²) in [5.41, 5.74) is 1.84. The molecule has 1 aromatic carbocycles. The van der Waals surface area contributed by atoms with Gasteiger partial charge in [-0.05, 0) is 49.4 Å². The fourth-order valence-electron chi connectivity index (χ4n) is 3.58. The maximum absolute atomic E-state index is 12.5. The van der Waals surface area contributed by atoms with Crippen LogP contribution in [0.5, 0.6) is 5.75 Å². The van der Waals surface area contributed by atoms with E-state index in [2.05, 4.69) is 15.3 Å². The Bertz CT molecular complexity index is 1030. The van der Waals surface area contributed by atoms with Crippen molar-refractivity contribution in [3.63, 3.8) is 0 Å². The van der Waals surface area contributed by atoms with Crippen LogP contribution in [0.15, 0.2) is 64.3 Å². The van der Waals surface area contributed by atoms with Gasteiger partial charge in [0.15, 0.2) is 11.7 Å². The average molecular weight is 437 g/mol. The molecule has 9 nitrogen and oxygen atoms in total. The van der Waals surface area contributed by atoms with Gasteiger partial charge in [-0.3, -0.25) is 4.79 Å². The summed E-state index contributed by atoms with van der Waals surface area (Å²) in [7, 11) is 1.65. The highest BCUT2D eigenvalue weighted by atomic mass is 16.5. The van der Waals surface area contributed by atoms with Crippen LogP contribution in [0.2, 0.25) is 0 Å². The van der Waals surface area contributed by atoms with Crippen molar-refractivity contribution in [1.29, 1.82) is 0 Å². The average Bonchev–Trinajstić information content (AvgIpc) is 3.54. The van der Waals surface area contributed by atoms with Gasteiger partial charge in [0, 0.05) is 38.9 Å². The van der Waals surface area contributed by atoms with Gasteiger partial charge in [0.1, 0.15) is 5.75 Å². The molecule has 1 saturated heterocycles. The number of aromatic nitrogens is 2. The number of nitrogens with zero attached hydrogens (tertiary/aromatic N) is 5. The van der Waals surface area contributed by atoms with E-state index in [1.807, 2.05) is 53.0 Å². The Kier molecular flexibility index (Phi) is 6.74. The Morgan fingerprint density at radius 3 is 2.53 bits per heavy atom. The molecule has 32 heavy (non-hydrogen) atoms. The van der Waals surface area contributed by atoms with Crippen LogP contribution in [0.3, 0.4) is 0 Å². The van der Waals surface area contributed by atoms with E-state index < -0.39 is 0 Å². The van der Waals surface area contributed by atoms with Crippen LogP contribution in [0.4, 0.5) is 0 Å². The number of aliphatic imine (C=N–C) groups is 1. The lowest BCUT2D eigenvalue weighted by Gasteiger charge is -2.36. The zero-order chi connectivity index (χ0) is 22.3. The van der Waals surface area contributed by atoms with E-state index in [-0.39, 0.29) is 5.91 Å². The Labute approximate surface area is 187 Å². The minimum Gasteiger partial charge on any atom is -0.497 e. The molecule has 0 aliphatic carbocycles. The molecule has 0 saturated carbocycles. The van der Waals surface area contributed by atoms with Crippen LogP contribution >= 0.6 is 0 Å². The number of ether oxygens (including phenoxy) is 1. The minimum absolute atomic E-state index is 0.0688. The maximum atomic E-state index is 12.5. The Balaban J connectivity index is 1.37. The highest BCUT2D eigenvalue weighted by Crippen LogP contribution is 2.15. The Morgan fingerprint density at radius 2 is 1.88 bits per heavy atom. The van der Waals surface area contributed by atoms with Gasteiger partial charge in [0.25, 0.3) is 5.91 Å². The summed E-state index contributed by atoms with van der Waals surface area (Å²) in [6.45, 7) is 5.94. The van der Waals surface area contributed by atoms with Gasteiger partial charge in [-0.15, -0.1) is 0 Å². The standard InChI is InChI=1S/C23H28N6O3/c1-3-24-23(28-14-12-27(13-15-28)22(30)21-5-4-16-32-21)25-17-18-10-11-29(26-18)19-6-8-20(31-2)9-7-19/h4-11,16H,3,12-15,17H2,1-2H3,(H,24,25). The number of nitrogens with one attached hydrogen (secondary N) is 1. The van der Waals surface area contributed by atoms with Crippen LogP contribution in [0.1, 0.15) is 23.2 Å². The number of hydrogen-bond acceptors (Lipinski definition) is 5. The van der Waals surface area contributed by atoms with E-state index in [4.69, 9.17) is 14.1 Å². The lowest BCUT2D eigenvalue weighted by Crippen LogP contribution is -2.53. The summed E-state index contributed by atoms with van der Waals surface area (Å²) in [6.07, 6.45) is 3.45. The van der Waals surface area contributed by atoms with Crippen molar-refractivity contribution in [2.75, 3.05) is 39.8 Å². The van der Waals surface area contributed by atoms with Crippen LogP contribution in [0, 0.1) is 0 Å². The minimum atomic E-state index is -0.0688. The third-order valence-corrected chi connectivity index (χ3v) is 5.31. The van der Waals surface area contributed by atoms with Crippen molar-refractivity contribution in [2.45, 2.75) is 13.5 Å². The fourth-order valence-corrected chi connectivity index (χ4v) is 3.58. The van der Waals surface area contributed by atoms with Gasteiger partial charge in [-0.25, -0.2) is 9.67 Å². The second kappa shape index (κ2) is 10.0. The van der Waals surface area contributed by atoms with Crippen molar-refractivity contribution >= 4 is 11.9 Å². The molecule has 0 unspecified atom stereocenters. The molecular formula is C23H28N6O3. The van der Waals surface area contributed by atoms with Gasteiger partial charge in [-0.1, -0.05) is 0 Å². The molecule has 0 radical (unpaired) electrons. The zero-order valence-corrected chi connectivity index (χ0v) is 18.4. The predicted molar refractivity (Wildman–Crippen MR) is 121 cm³/mol. The van der Waals surface area contributed by atoms with Crippen LogP contribution in [-0.4, -0.2) is 71.3 Å². The highest BCUT2D eigenvalue weighted by Gasteiger charge is 2.25. The van der Waals surface area contributed by atoms with Crippen molar-refractivity contribution in [3.05, 3.63) is 66.4 Å². The second-order valence-corrected chi connectivity index (χ2v) is 7.38. The van der Waals surface area contributed by atoms with Crippen molar-refractivity contribution in [1.82, 2.24) is 24.9 Å². The number of guanidine groups is 1. The molecule has 3 heterocycles. The van der Waals surface area contributed by atoms with E-state index in [1.165, 1.54) is 6.26 Å². The lowest BCUT2D eigenvalue weighted by molar-refractivity contribution is 0.0657. The molecule has 1 aliphatic rings. The number of carbonyl (C=O) groups is 1. The van der Waals surface area contributed by atoms with Gasteiger partial charge >= 0.3 is 0 Å². The second-order valence-electron chi connectivity index (χ2n) is 7.38. The van der Waals surface area contributed by atoms with E-state index in [9.17, 15) is 4.79 Å². The largest absolute Gasteiger partial charge is 0.497 e. The van der Waals surface area contributed by atoms with E-state index in [0.29, 0.717) is 38.5 Å². The summed E-state index contributed by atoms with van der Waals surface area (Å²) in [6, 6.07) is 13.2. The zero-order valence-electron chi connectivity index (χ0n) is 18.4. The lowest BCUT2D eigenvalue weighted by atomic mass is 10.3. The molecule has 2 aromatic heterocycles. The molecule has 0 spiro atoms. The molecule has 1 N–H and O–H groups in total. The monoisotopic (exact) mass is 436 g/mol. The van der Waals surface area contributed by atoms with Crippen molar-refractivity contribution < 1.29 is 13.9 Å². The van der Waals surface area contributed by atoms with Crippen LogP contribution < -0.4 is 10.1 Å². The highest BCUT2D eigenvalue weighted by molar-refractivity contribution is 5.91. The maximum Gasteiger partial charge on any atom is 0.289 e. The summed E-state index contributed by atoms with van der Waals surface area (Å²) in [5, 5.41) is 7.99. The first-order chi connectivity index (χ1) is 15.7. The van der Waals surface area contributed by atoms with Gasteiger partial charge in [-0.2, -0.15) is 5.10 Å². The third kappa shape index (κ3) is 4.93. The third-order valence-electron chi connectivity index (χ3n) is 5.31. The number of hydrogen-bond donors (Lipinski definition) is 1. The summed E-state index contributed by atoms with van der Waals surface area (Å²) < 4.78 is 12.3. The van der Waals surface area contributed by atoms with E-state index in [0.717, 1.165) is 29.6 Å². The molecule has 1 aliphatic heterocycles. The molecular weight excluding hydrogens is 408 g/mol. The number of furan rings is 1. The molecule has 3 aromatic rings. The fraction of sp³-hybridized carbons (Fsp3) is 0.348. The van der Waals surface area contributed by atoms with Gasteiger partial charge in [0.05, 0.1) is 31.3 Å². The number of piperazine rings is 1. The Morgan fingerprint density at radius 1 is 1.12 bits per heavy atom. The summed E-state index contributed by atoms with van der Waals surface area (Å²) in [5.74, 6) is 1.95. The normalized spacial score (nSPS) is 14.5. The molecule has 0 atom stereocenters. The summed E-state index contributed by atoms with van der Waals surface area (Å²) >= 11 is 0. The number of methoxy groups -OCH3 is 1. The molecule has 4 rings (SSSR count). The van der Waals surface area contributed by atoms with E-state index in [1.54, 1.807) is 19.2 Å². The Hall–Kier alpha value is -3.75. The van der Waals surface area contributed by atoms with Crippen molar-refractivity contribution in [2.24, 2.45) is 4.99 Å². The number of carbonyl (C=O) groups excluding carboxylic acids is 1. The first kappa shape index (κ1) is 21.5. The SMILES string of the molecule is CCNC(=NCc1ccn(-c2ccc(OC)cc2)n1)N1CCN(C(=O)c2ccco2)CC1. The smallest absolute Gasteiger partial charge is 0.289 e. The van der Waals surface area contributed by atoms with Crippen molar-refractivity contribution in [3.8, 4) is 11.4 Å². The summed E-state index contributed by atoms with van der Waals surface area (Å²) in [4.78, 5) is 21.2. The van der Waals surface area contributed by atoms with Crippen LogP contribution in [-0.2, 0) is 6.54 Å². The molecule has 9 heteroatoms. The predicted octanol–water partition coefficient (Wildman–Crippen LogP) is 2.40. The number of benzene rings is 1.